The van der Waals surface area contributed by atoms with E-state index in [2.05, 4.69) is 200 Å². The first-order chi connectivity index (χ1) is 31.0. The van der Waals surface area contributed by atoms with Gasteiger partial charge in [0, 0.05) is 31.2 Å². The van der Waals surface area contributed by atoms with Crippen LogP contribution in [0.4, 0.5) is 0 Å². The van der Waals surface area contributed by atoms with E-state index in [0.29, 0.717) is 0 Å². The fourth-order valence-electron chi connectivity index (χ4n) is 8.99. The summed E-state index contributed by atoms with van der Waals surface area (Å²) in [5.41, 5.74) is 12.9. The van der Waals surface area contributed by atoms with Gasteiger partial charge in [-0.25, -0.2) is 0 Å². The molecule has 11 rings (SSSR count). The molecule has 3 aromatic heterocycles. The molecule has 0 saturated heterocycles. The summed E-state index contributed by atoms with van der Waals surface area (Å²) < 4.78 is 10.6. The number of imidazole rings is 1. The van der Waals surface area contributed by atoms with E-state index in [9.17, 15) is 0 Å². The quantitative estimate of drug-likeness (QED) is 0.0907. The first-order valence-corrected chi connectivity index (χ1v) is 29.7. The van der Waals surface area contributed by atoms with Crippen molar-refractivity contribution in [2.24, 2.45) is 0 Å². The third-order valence-electron chi connectivity index (χ3n) is 12.4. The number of para-hydroxylation sites is 2. The largest absolute Gasteiger partial charge is 0 e. The zero-order chi connectivity index (χ0) is 44.1. The summed E-state index contributed by atoms with van der Waals surface area (Å²) in [6, 6.07) is 64.6. The number of aromatic nitrogens is 3. The van der Waals surface area contributed by atoms with Gasteiger partial charge in [0.25, 0.3) is 0 Å². The van der Waals surface area contributed by atoms with E-state index in [1.165, 1.54) is 53.9 Å². The SMILES string of the molecule is CC(C)c1cc(-c2ccccc2)cc(C(C)C)c1-n1c(-c2[c-]ccc3c2oc2cc4c(ccc5ccccc54)cc23)nc2ccccc21.[CH3][Ge]([CH3])([CH3])[c]1ccc(-c2[c-]cccc2)nc1.[Ir]. The molecule has 0 bridgehead atoms. The summed E-state index contributed by atoms with van der Waals surface area (Å²) in [7, 11) is 0. The Morgan fingerprint density at radius 2 is 1.29 bits per heavy atom. The molecule has 0 saturated carbocycles. The first kappa shape index (κ1) is 44.1. The Kier molecular flexibility index (Phi) is 12.2. The van der Waals surface area contributed by atoms with Crippen LogP contribution in [0, 0.1) is 12.1 Å². The second kappa shape index (κ2) is 18.0. The fourth-order valence-corrected chi connectivity index (χ4v) is 11.2. The van der Waals surface area contributed by atoms with Crippen LogP contribution >= 0.6 is 0 Å². The fraction of sp³-hybridized carbons (Fsp3) is 0.153. The molecule has 3 heterocycles. The zero-order valence-electron chi connectivity index (χ0n) is 37.9. The Balaban J connectivity index is 0.000000266. The number of hydrogen-bond donors (Lipinski definition) is 0. The minimum Gasteiger partial charge on any atom is 0 e. The van der Waals surface area contributed by atoms with Crippen LogP contribution in [0.1, 0.15) is 50.7 Å². The molecular weight excluding hydrogens is 1030 g/mol. The molecule has 0 aliphatic heterocycles. The molecule has 8 aromatic carbocycles. The monoisotopic (exact) mass is 1080 g/mol. The van der Waals surface area contributed by atoms with E-state index in [-0.39, 0.29) is 31.9 Å². The third-order valence-corrected chi connectivity index (χ3v) is 16.7. The predicted molar refractivity (Wildman–Crippen MR) is 273 cm³/mol. The van der Waals surface area contributed by atoms with E-state index >= 15 is 0 Å². The molecule has 0 spiro atoms. The van der Waals surface area contributed by atoms with Crippen molar-refractivity contribution in [2.45, 2.75) is 56.8 Å². The molecule has 0 aliphatic rings. The van der Waals surface area contributed by atoms with Crippen molar-refractivity contribution in [3.05, 3.63) is 193 Å². The Labute approximate surface area is 398 Å². The van der Waals surface area contributed by atoms with Gasteiger partial charge in [-0.3, -0.25) is 4.98 Å². The van der Waals surface area contributed by atoms with Crippen LogP contribution in [0.3, 0.4) is 0 Å². The van der Waals surface area contributed by atoms with Crippen molar-refractivity contribution >= 4 is 72.2 Å². The van der Waals surface area contributed by atoms with Crippen LogP contribution < -0.4 is 4.40 Å². The van der Waals surface area contributed by atoms with Crippen molar-refractivity contribution in [3.63, 3.8) is 0 Å². The molecule has 11 aromatic rings. The van der Waals surface area contributed by atoms with Crippen LogP contribution in [0.2, 0.25) is 17.3 Å². The molecule has 4 nitrogen and oxygen atoms in total. The standard InChI is InChI=1S/C45H35N2O.C14H16GeN.Ir/c1-27(2)36-24-32(29-13-6-5-7-14-29)25-37(28(3)4)43(36)47-41-20-11-10-19-40(41)46-45(47)35-18-12-17-34-39-23-31-22-21-30-15-8-9-16-33(30)38(31)26-42(39)48-44(34)35;1-15(2,3)13-9-10-14(16-11-13)12-7-5-4-6-8-12;/h5-17,19-28H,1-4H3;4-7,9-11H,1-3H3;/q2*-1;. The van der Waals surface area contributed by atoms with Crippen molar-refractivity contribution in [2.75, 3.05) is 0 Å². The third kappa shape index (κ3) is 8.38. The molecule has 0 amide bonds. The van der Waals surface area contributed by atoms with E-state index in [0.717, 1.165) is 55.6 Å². The van der Waals surface area contributed by atoms with Gasteiger partial charge >= 0.3 is 99.8 Å². The number of benzene rings is 8. The molecule has 0 atom stereocenters. The van der Waals surface area contributed by atoms with Crippen LogP contribution in [-0.4, -0.2) is 27.8 Å². The number of furan rings is 1. The molecule has 0 aliphatic carbocycles. The topological polar surface area (TPSA) is 43.9 Å². The van der Waals surface area contributed by atoms with Crippen LogP contribution in [0.25, 0.3) is 94.0 Å². The Morgan fingerprint density at radius 3 is 2.00 bits per heavy atom. The van der Waals surface area contributed by atoms with Gasteiger partial charge < -0.3 is 8.98 Å². The second-order valence-corrected chi connectivity index (χ2v) is 29.1. The molecule has 65 heavy (non-hydrogen) atoms. The Morgan fingerprint density at radius 1 is 0.585 bits per heavy atom. The van der Waals surface area contributed by atoms with E-state index in [4.69, 9.17) is 9.40 Å². The summed E-state index contributed by atoms with van der Waals surface area (Å²) in [5, 5.41) is 7.02. The van der Waals surface area contributed by atoms with Gasteiger partial charge in [0.1, 0.15) is 5.58 Å². The van der Waals surface area contributed by atoms with Crippen LogP contribution in [0.5, 0.6) is 0 Å². The number of nitrogens with zero attached hydrogens (tertiary/aromatic N) is 3. The zero-order valence-corrected chi connectivity index (χ0v) is 42.4. The average Bonchev–Trinajstić information content (AvgIpc) is 3.89. The normalized spacial score (nSPS) is 11.8. The van der Waals surface area contributed by atoms with Crippen molar-refractivity contribution in [1.29, 1.82) is 0 Å². The van der Waals surface area contributed by atoms with Gasteiger partial charge in [-0.05, 0) is 92.0 Å². The molecule has 323 valence electrons. The van der Waals surface area contributed by atoms with Gasteiger partial charge in [-0.15, -0.1) is 18.2 Å². The molecular formula is C59H51GeIrN3O-2. The Hall–Kier alpha value is -6.11. The number of rotatable bonds is 7. The van der Waals surface area contributed by atoms with Gasteiger partial charge in [0.05, 0.1) is 22.4 Å². The van der Waals surface area contributed by atoms with E-state index in [1.54, 1.807) is 0 Å². The number of hydrogen-bond acceptors (Lipinski definition) is 3. The first-order valence-electron chi connectivity index (χ1n) is 22.4. The van der Waals surface area contributed by atoms with Crippen molar-refractivity contribution in [1.82, 2.24) is 14.5 Å². The molecule has 0 fully saturated rings. The smallest absolute Gasteiger partial charge is 0 e. The average molecular weight is 1080 g/mol. The maximum absolute atomic E-state index is 6.83. The van der Waals surface area contributed by atoms with Gasteiger partial charge in [-0.1, -0.05) is 118 Å². The van der Waals surface area contributed by atoms with Gasteiger partial charge in [-0.2, -0.15) is 0 Å². The molecule has 6 heteroatoms. The van der Waals surface area contributed by atoms with Crippen LogP contribution in [-0.2, 0) is 20.1 Å². The van der Waals surface area contributed by atoms with Crippen LogP contribution in [0.15, 0.2) is 174 Å². The number of fused-ring (bicyclic) bond motifs is 7. The van der Waals surface area contributed by atoms with Crippen molar-refractivity contribution < 1.29 is 24.5 Å². The van der Waals surface area contributed by atoms with E-state index in [1.807, 2.05) is 36.5 Å². The predicted octanol–water partition coefficient (Wildman–Crippen LogP) is 15.7. The maximum Gasteiger partial charge on any atom is 0 e. The number of pyridine rings is 1. The molecule has 1 radical (unpaired) electrons. The summed E-state index contributed by atoms with van der Waals surface area (Å²) in [5.74, 6) is 8.54. The summed E-state index contributed by atoms with van der Waals surface area (Å²) in [4.78, 5) is 9.86. The van der Waals surface area contributed by atoms with Crippen molar-refractivity contribution in [3.8, 4) is 39.5 Å². The maximum atomic E-state index is 6.83. The molecule has 0 unspecified atom stereocenters. The summed E-state index contributed by atoms with van der Waals surface area (Å²) in [6.07, 6.45) is 2.04. The molecule has 0 N–H and O–H groups in total. The minimum absolute atomic E-state index is 0. The minimum atomic E-state index is -1.72. The second-order valence-electron chi connectivity index (χ2n) is 18.5. The van der Waals surface area contributed by atoms with Gasteiger partial charge in [0.2, 0.25) is 0 Å². The Bertz CT molecular complexity index is 3440. The summed E-state index contributed by atoms with van der Waals surface area (Å²) in [6.45, 7) is 9.15. The summed E-state index contributed by atoms with van der Waals surface area (Å²) >= 11 is -1.72. The van der Waals surface area contributed by atoms with Gasteiger partial charge in [0.15, 0.2) is 0 Å². The van der Waals surface area contributed by atoms with E-state index < -0.39 is 13.3 Å².